The molecule has 1 N–H and O–H groups in total. The summed E-state index contributed by atoms with van der Waals surface area (Å²) in [5, 5.41) is 2.76. The molecule has 2 aliphatic heterocycles. The number of rotatable bonds is 1. The maximum atomic E-state index is 13.0. The smallest absolute Gasteiger partial charge is 0.333 e. The molecule has 1 spiro atoms. The SMILES string of the molecule is Cc1ccc(NC(=O)N2C(=O)C3(OCCO3)c3cc(C)ccc32)cc1. The van der Waals surface area contributed by atoms with E-state index < -0.39 is 17.7 Å². The summed E-state index contributed by atoms with van der Waals surface area (Å²) in [5.41, 5.74) is 3.73. The van der Waals surface area contributed by atoms with Crippen LogP contribution in [0, 0.1) is 13.8 Å². The van der Waals surface area contributed by atoms with Crippen molar-refractivity contribution in [2.45, 2.75) is 19.6 Å². The number of aryl methyl sites for hydroxylation is 2. The van der Waals surface area contributed by atoms with Crippen LogP contribution in [-0.4, -0.2) is 25.2 Å². The van der Waals surface area contributed by atoms with E-state index in [0.717, 1.165) is 16.0 Å². The largest absolute Gasteiger partial charge is 0.336 e. The van der Waals surface area contributed by atoms with Gasteiger partial charge in [0, 0.05) is 11.3 Å². The van der Waals surface area contributed by atoms with Crippen molar-refractivity contribution >= 4 is 23.3 Å². The lowest BCUT2D eigenvalue weighted by Gasteiger charge is -2.21. The van der Waals surface area contributed by atoms with Crippen LogP contribution in [0.4, 0.5) is 16.2 Å². The predicted molar refractivity (Wildman–Crippen MR) is 92.4 cm³/mol. The van der Waals surface area contributed by atoms with Crippen LogP contribution in [0.25, 0.3) is 0 Å². The summed E-state index contributed by atoms with van der Waals surface area (Å²) in [4.78, 5) is 26.9. The van der Waals surface area contributed by atoms with Gasteiger partial charge >= 0.3 is 11.9 Å². The van der Waals surface area contributed by atoms with Crippen molar-refractivity contribution in [2.75, 3.05) is 23.4 Å². The Hall–Kier alpha value is -2.70. The standard InChI is InChI=1S/C19H18N2O4/c1-12-3-6-14(7-4-12)20-18(23)21-16-8-5-13(2)11-15(16)19(17(21)22)24-9-10-25-19/h3-8,11H,9-10H2,1-2H3,(H,20,23). The second kappa shape index (κ2) is 5.68. The molecule has 0 aromatic heterocycles. The Labute approximate surface area is 145 Å². The predicted octanol–water partition coefficient (Wildman–Crippen LogP) is 3.08. The van der Waals surface area contributed by atoms with Gasteiger partial charge in [-0.3, -0.25) is 4.79 Å². The Bertz CT molecular complexity index is 854. The van der Waals surface area contributed by atoms with Crippen molar-refractivity contribution < 1.29 is 19.1 Å². The Morgan fingerprint density at radius 2 is 1.68 bits per heavy atom. The Morgan fingerprint density at radius 1 is 1.04 bits per heavy atom. The first-order valence-electron chi connectivity index (χ1n) is 8.12. The minimum Gasteiger partial charge on any atom is -0.336 e. The van der Waals surface area contributed by atoms with Gasteiger partial charge < -0.3 is 14.8 Å². The zero-order valence-corrected chi connectivity index (χ0v) is 14.0. The number of hydrogen-bond donors (Lipinski definition) is 1. The minimum absolute atomic E-state index is 0.312. The van der Waals surface area contributed by atoms with Crippen LogP contribution in [-0.2, 0) is 20.1 Å². The van der Waals surface area contributed by atoms with E-state index in [1.165, 1.54) is 0 Å². The van der Waals surface area contributed by atoms with Gasteiger partial charge in [0.05, 0.1) is 18.9 Å². The highest BCUT2D eigenvalue weighted by atomic mass is 16.7. The fourth-order valence-electron chi connectivity index (χ4n) is 3.19. The normalized spacial score (nSPS) is 17.8. The van der Waals surface area contributed by atoms with E-state index >= 15 is 0 Å². The van der Waals surface area contributed by atoms with E-state index in [9.17, 15) is 9.59 Å². The summed E-state index contributed by atoms with van der Waals surface area (Å²) in [6.07, 6.45) is 0. The van der Waals surface area contributed by atoms with Gasteiger partial charge in [-0.05, 0) is 38.1 Å². The van der Waals surface area contributed by atoms with Crippen LogP contribution in [0.3, 0.4) is 0 Å². The molecule has 4 rings (SSSR count). The van der Waals surface area contributed by atoms with E-state index in [4.69, 9.17) is 9.47 Å². The van der Waals surface area contributed by atoms with E-state index in [1.54, 1.807) is 18.2 Å². The van der Waals surface area contributed by atoms with Crippen molar-refractivity contribution in [3.8, 4) is 0 Å². The molecule has 0 unspecified atom stereocenters. The molecule has 2 aromatic rings. The first kappa shape index (κ1) is 15.8. The third-order valence-electron chi connectivity index (χ3n) is 4.43. The van der Waals surface area contributed by atoms with Crippen molar-refractivity contribution in [2.24, 2.45) is 0 Å². The highest BCUT2D eigenvalue weighted by molar-refractivity contribution is 6.24. The highest BCUT2D eigenvalue weighted by Gasteiger charge is 2.57. The van der Waals surface area contributed by atoms with Crippen LogP contribution in [0.2, 0.25) is 0 Å². The molecule has 128 valence electrons. The second-order valence-electron chi connectivity index (χ2n) is 6.27. The third-order valence-corrected chi connectivity index (χ3v) is 4.43. The second-order valence-corrected chi connectivity index (χ2v) is 6.27. The number of hydrogen-bond acceptors (Lipinski definition) is 4. The zero-order chi connectivity index (χ0) is 17.6. The van der Waals surface area contributed by atoms with Crippen molar-refractivity contribution in [3.05, 3.63) is 59.2 Å². The molecule has 3 amide bonds. The molecular formula is C19H18N2O4. The third kappa shape index (κ3) is 2.42. The molecule has 2 heterocycles. The zero-order valence-electron chi connectivity index (χ0n) is 14.0. The van der Waals surface area contributed by atoms with Gasteiger partial charge in [-0.1, -0.05) is 29.3 Å². The summed E-state index contributed by atoms with van der Waals surface area (Å²) in [7, 11) is 0. The van der Waals surface area contributed by atoms with Crippen LogP contribution in [0.1, 0.15) is 16.7 Å². The fraction of sp³-hybridized carbons (Fsp3) is 0.263. The molecule has 6 nitrogen and oxygen atoms in total. The first-order valence-corrected chi connectivity index (χ1v) is 8.12. The molecule has 1 fully saturated rings. The Kier molecular flexibility index (Phi) is 3.59. The summed E-state index contributed by atoms with van der Waals surface area (Å²) in [6.45, 7) is 4.51. The molecule has 6 heteroatoms. The van der Waals surface area contributed by atoms with E-state index in [2.05, 4.69) is 5.32 Å². The molecule has 2 aromatic carbocycles. The van der Waals surface area contributed by atoms with Gasteiger partial charge in [-0.15, -0.1) is 0 Å². The summed E-state index contributed by atoms with van der Waals surface area (Å²) < 4.78 is 11.3. The molecule has 0 bridgehead atoms. The van der Waals surface area contributed by atoms with E-state index in [0.29, 0.717) is 30.2 Å². The van der Waals surface area contributed by atoms with Crippen LogP contribution < -0.4 is 10.2 Å². The van der Waals surface area contributed by atoms with Gasteiger partial charge in [0.15, 0.2) is 0 Å². The highest BCUT2D eigenvalue weighted by Crippen LogP contribution is 2.46. The number of urea groups is 1. The van der Waals surface area contributed by atoms with Crippen molar-refractivity contribution in [1.29, 1.82) is 0 Å². The molecule has 0 aliphatic carbocycles. The minimum atomic E-state index is -1.51. The molecular weight excluding hydrogens is 320 g/mol. The Balaban J connectivity index is 1.71. The molecule has 0 saturated carbocycles. The number of nitrogens with one attached hydrogen (secondary N) is 1. The molecule has 0 atom stereocenters. The number of fused-ring (bicyclic) bond motifs is 2. The summed E-state index contributed by atoms with van der Waals surface area (Å²) >= 11 is 0. The van der Waals surface area contributed by atoms with Gasteiger partial charge in [0.1, 0.15) is 0 Å². The van der Waals surface area contributed by atoms with Crippen molar-refractivity contribution in [3.63, 3.8) is 0 Å². The first-order chi connectivity index (χ1) is 12.0. The number of amides is 3. The summed E-state index contributed by atoms with van der Waals surface area (Å²) in [5.74, 6) is -2.03. The lowest BCUT2D eigenvalue weighted by molar-refractivity contribution is -0.180. The number of benzene rings is 2. The van der Waals surface area contributed by atoms with E-state index in [1.807, 2.05) is 38.1 Å². The summed E-state index contributed by atoms with van der Waals surface area (Å²) in [6, 6.07) is 12.3. The van der Waals surface area contributed by atoms with E-state index in [-0.39, 0.29) is 0 Å². The van der Waals surface area contributed by atoms with Gasteiger partial charge in [0.25, 0.3) is 5.79 Å². The average Bonchev–Trinajstić information content (AvgIpc) is 3.17. The van der Waals surface area contributed by atoms with Crippen molar-refractivity contribution in [1.82, 2.24) is 0 Å². The lowest BCUT2D eigenvalue weighted by Crippen LogP contribution is -2.45. The number of carbonyl (C=O) groups is 2. The van der Waals surface area contributed by atoms with Crippen LogP contribution >= 0.6 is 0 Å². The maximum Gasteiger partial charge on any atom is 0.333 e. The average molecular weight is 338 g/mol. The van der Waals surface area contributed by atoms with Gasteiger partial charge in [-0.2, -0.15) is 0 Å². The van der Waals surface area contributed by atoms with Crippen LogP contribution in [0.15, 0.2) is 42.5 Å². The fourth-order valence-corrected chi connectivity index (χ4v) is 3.19. The molecule has 1 saturated heterocycles. The maximum absolute atomic E-state index is 13.0. The molecule has 2 aliphatic rings. The monoisotopic (exact) mass is 338 g/mol. The Morgan fingerprint density at radius 3 is 2.36 bits per heavy atom. The van der Waals surface area contributed by atoms with Crippen LogP contribution in [0.5, 0.6) is 0 Å². The number of ether oxygens (including phenoxy) is 2. The molecule has 25 heavy (non-hydrogen) atoms. The lowest BCUT2D eigenvalue weighted by atomic mass is 10.0. The van der Waals surface area contributed by atoms with Gasteiger partial charge in [0.2, 0.25) is 0 Å². The molecule has 0 radical (unpaired) electrons. The van der Waals surface area contributed by atoms with Gasteiger partial charge in [-0.25, -0.2) is 9.69 Å². The number of nitrogens with zero attached hydrogens (tertiary/aromatic N) is 1. The number of carbonyl (C=O) groups excluding carboxylic acids is 2. The quantitative estimate of drug-likeness (QED) is 0.868. The topological polar surface area (TPSA) is 67.9 Å². The number of anilines is 2. The number of imide groups is 1.